The molecule has 11 heteroatoms. The van der Waals surface area contributed by atoms with Gasteiger partial charge >= 0.3 is 0 Å². The summed E-state index contributed by atoms with van der Waals surface area (Å²) in [5.74, 6) is -0.697. The van der Waals surface area contributed by atoms with Crippen LogP contribution in [0.4, 0.5) is 5.69 Å². The van der Waals surface area contributed by atoms with Gasteiger partial charge in [0.15, 0.2) is 0 Å². The zero-order valence-corrected chi connectivity index (χ0v) is 25.6. The molecular weight excluding hydrogens is 593 g/mol. The average molecular weight is 625 g/mol. The van der Waals surface area contributed by atoms with E-state index < -0.39 is 28.5 Å². The Kier molecular flexibility index (Phi) is 11.3. The predicted octanol–water partition coefficient (Wildman–Crippen LogP) is 6.42. The number of rotatable bonds is 12. The Labute approximate surface area is 251 Å². The fraction of sp³-hybridized carbons (Fsp3) is 0.310. The SMILES string of the molecule is CCC(C(=O)NCC(C)C)N(Cc1ccc(Cl)c(Cl)c1)C(=O)CN(c1cccc(Cl)c1)S(=O)(=O)c1ccccc1. The Morgan fingerprint density at radius 1 is 0.900 bits per heavy atom. The number of halogens is 3. The second-order valence-corrected chi connectivity index (χ2v) is 12.8. The van der Waals surface area contributed by atoms with Gasteiger partial charge in [-0.2, -0.15) is 0 Å². The Morgan fingerprint density at radius 2 is 1.60 bits per heavy atom. The first kappa shape index (κ1) is 31.7. The summed E-state index contributed by atoms with van der Waals surface area (Å²) in [7, 11) is -4.17. The third kappa shape index (κ3) is 8.13. The van der Waals surface area contributed by atoms with E-state index in [1.807, 2.05) is 13.8 Å². The minimum atomic E-state index is -4.17. The standard InChI is InChI=1S/C29H32Cl3N3O4S/c1-4-27(29(37)33-17-20(2)3)34(18-21-13-14-25(31)26(32)15-21)28(36)19-35(23-10-8-9-22(30)16-23)40(38,39)24-11-6-5-7-12-24/h5-16,20,27H,4,17-19H2,1-3H3,(H,33,37). The summed E-state index contributed by atoms with van der Waals surface area (Å²) in [5.41, 5.74) is 0.856. The van der Waals surface area contributed by atoms with E-state index in [9.17, 15) is 18.0 Å². The molecular formula is C29H32Cl3N3O4S. The first-order chi connectivity index (χ1) is 18.9. The zero-order chi connectivity index (χ0) is 29.4. The molecule has 2 amide bonds. The molecule has 0 radical (unpaired) electrons. The third-order valence-electron chi connectivity index (χ3n) is 6.11. The number of amides is 2. The number of anilines is 1. The van der Waals surface area contributed by atoms with E-state index in [2.05, 4.69) is 5.32 Å². The van der Waals surface area contributed by atoms with Crippen LogP contribution in [0.3, 0.4) is 0 Å². The molecule has 40 heavy (non-hydrogen) atoms. The van der Waals surface area contributed by atoms with Crippen molar-refractivity contribution < 1.29 is 18.0 Å². The number of hydrogen-bond donors (Lipinski definition) is 1. The Hall–Kier alpha value is -2.78. The summed E-state index contributed by atoms with van der Waals surface area (Å²) in [6.45, 7) is 5.62. The molecule has 0 saturated heterocycles. The van der Waals surface area contributed by atoms with Gasteiger partial charge in [0.05, 0.1) is 20.6 Å². The number of sulfonamides is 1. The van der Waals surface area contributed by atoms with Crippen molar-refractivity contribution in [3.05, 3.63) is 93.4 Å². The van der Waals surface area contributed by atoms with Gasteiger partial charge in [-0.25, -0.2) is 8.42 Å². The number of carbonyl (C=O) groups excluding carboxylic acids is 2. The van der Waals surface area contributed by atoms with Crippen LogP contribution in [-0.2, 0) is 26.2 Å². The average Bonchev–Trinajstić information content (AvgIpc) is 2.92. The predicted molar refractivity (Wildman–Crippen MR) is 161 cm³/mol. The second-order valence-electron chi connectivity index (χ2n) is 9.64. The molecule has 0 aliphatic heterocycles. The summed E-state index contributed by atoms with van der Waals surface area (Å²) >= 11 is 18.5. The van der Waals surface area contributed by atoms with Crippen molar-refractivity contribution in [3.63, 3.8) is 0 Å². The van der Waals surface area contributed by atoms with E-state index in [1.54, 1.807) is 61.5 Å². The third-order valence-corrected chi connectivity index (χ3v) is 8.88. The highest BCUT2D eigenvalue weighted by atomic mass is 35.5. The van der Waals surface area contributed by atoms with Crippen LogP contribution < -0.4 is 9.62 Å². The Morgan fingerprint density at radius 3 is 2.20 bits per heavy atom. The summed E-state index contributed by atoms with van der Waals surface area (Å²) in [6, 6.07) is 18.2. The highest BCUT2D eigenvalue weighted by Crippen LogP contribution is 2.28. The van der Waals surface area contributed by atoms with Gasteiger partial charge in [0.25, 0.3) is 10.0 Å². The number of hydrogen-bond acceptors (Lipinski definition) is 4. The Bertz CT molecular complexity index is 1440. The molecule has 0 aliphatic carbocycles. The van der Waals surface area contributed by atoms with Crippen molar-refractivity contribution in [2.24, 2.45) is 5.92 Å². The normalized spacial score (nSPS) is 12.2. The fourth-order valence-electron chi connectivity index (χ4n) is 4.06. The van der Waals surface area contributed by atoms with Crippen LogP contribution in [0.25, 0.3) is 0 Å². The molecule has 0 bridgehead atoms. The summed E-state index contributed by atoms with van der Waals surface area (Å²) < 4.78 is 28.6. The van der Waals surface area contributed by atoms with Crippen LogP contribution in [-0.4, -0.2) is 44.3 Å². The molecule has 0 spiro atoms. The molecule has 0 aromatic heterocycles. The van der Waals surface area contributed by atoms with Crippen LogP contribution >= 0.6 is 34.8 Å². The lowest BCUT2D eigenvalue weighted by molar-refractivity contribution is -0.140. The molecule has 7 nitrogen and oxygen atoms in total. The lowest BCUT2D eigenvalue weighted by atomic mass is 10.1. The van der Waals surface area contributed by atoms with Crippen LogP contribution in [0.5, 0.6) is 0 Å². The largest absolute Gasteiger partial charge is 0.354 e. The van der Waals surface area contributed by atoms with Crippen molar-refractivity contribution in [1.82, 2.24) is 10.2 Å². The van der Waals surface area contributed by atoms with Crippen LogP contribution in [0.1, 0.15) is 32.8 Å². The van der Waals surface area contributed by atoms with Gasteiger partial charge in [-0.3, -0.25) is 13.9 Å². The quantitative estimate of drug-likeness (QED) is 0.252. The van der Waals surface area contributed by atoms with Gasteiger partial charge in [0, 0.05) is 18.1 Å². The van der Waals surface area contributed by atoms with Crippen molar-refractivity contribution in [3.8, 4) is 0 Å². The molecule has 0 saturated carbocycles. The van der Waals surface area contributed by atoms with Gasteiger partial charge in [0.1, 0.15) is 12.6 Å². The smallest absolute Gasteiger partial charge is 0.264 e. The first-order valence-electron chi connectivity index (χ1n) is 12.8. The summed E-state index contributed by atoms with van der Waals surface area (Å²) in [5, 5.41) is 3.86. The molecule has 3 aromatic rings. The molecule has 1 atom stereocenters. The molecule has 214 valence electrons. The van der Waals surface area contributed by atoms with Crippen LogP contribution in [0.2, 0.25) is 15.1 Å². The molecule has 0 aliphatic rings. The fourth-order valence-corrected chi connectivity index (χ4v) is 5.99. The lowest BCUT2D eigenvalue weighted by Gasteiger charge is -2.33. The first-order valence-corrected chi connectivity index (χ1v) is 15.4. The molecule has 3 rings (SSSR count). The maximum absolute atomic E-state index is 14.0. The topological polar surface area (TPSA) is 86.8 Å². The van der Waals surface area contributed by atoms with Crippen molar-refractivity contribution in [2.45, 2.75) is 44.7 Å². The number of benzene rings is 3. The number of nitrogens with zero attached hydrogens (tertiary/aromatic N) is 2. The van der Waals surface area contributed by atoms with Crippen molar-refractivity contribution >= 4 is 62.3 Å². The van der Waals surface area contributed by atoms with E-state index in [1.165, 1.54) is 23.1 Å². The summed E-state index contributed by atoms with van der Waals surface area (Å²) in [6.07, 6.45) is 0.305. The molecule has 1 unspecified atom stereocenters. The van der Waals surface area contributed by atoms with Gasteiger partial charge in [-0.1, -0.05) is 85.9 Å². The highest BCUT2D eigenvalue weighted by molar-refractivity contribution is 7.92. The monoisotopic (exact) mass is 623 g/mol. The Balaban J connectivity index is 2.05. The minimum Gasteiger partial charge on any atom is -0.354 e. The summed E-state index contributed by atoms with van der Waals surface area (Å²) in [4.78, 5) is 28.7. The molecule has 1 N–H and O–H groups in total. The van der Waals surface area contributed by atoms with Gasteiger partial charge in [-0.15, -0.1) is 0 Å². The number of carbonyl (C=O) groups is 2. The maximum atomic E-state index is 14.0. The van der Waals surface area contributed by atoms with Crippen molar-refractivity contribution in [1.29, 1.82) is 0 Å². The van der Waals surface area contributed by atoms with E-state index in [0.29, 0.717) is 33.6 Å². The van der Waals surface area contributed by atoms with Gasteiger partial charge < -0.3 is 10.2 Å². The van der Waals surface area contributed by atoms with Gasteiger partial charge in [-0.05, 0) is 60.4 Å². The van der Waals surface area contributed by atoms with Crippen molar-refractivity contribution in [2.75, 3.05) is 17.4 Å². The van der Waals surface area contributed by atoms with E-state index in [-0.39, 0.29) is 29.0 Å². The maximum Gasteiger partial charge on any atom is 0.264 e. The minimum absolute atomic E-state index is 0.0120. The lowest BCUT2D eigenvalue weighted by Crippen LogP contribution is -2.52. The number of nitrogens with one attached hydrogen (secondary N) is 1. The van der Waals surface area contributed by atoms with Gasteiger partial charge in [0.2, 0.25) is 11.8 Å². The second kappa shape index (κ2) is 14.2. The zero-order valence-electron chi connectivity index (χ0n) is 22.5. The van der Waals surface area contributed by atoms with Crippen LogP contribution in [0, 0.1) is 5.92 Å². The van der Waals surface area contributed by atoms with E-state index in [4.69, 9.17) is 34.8 Å². The highest BCUT2D eigenvalue weighted by Gasteiger charge is 2.33. The van der Waals surface area contributed by atoms with Crippen LogP contribution in [0.15, 0.2) is 77.7 Å². The van der Waals surface area contributed by atoms with E-state index in [0.717, 1.165) is 4.31 Å². The molecule has 0 fully saturated rings. The van der Waals surface area contributed by atoms with E-state index >= 15 is 0 Å². The molecule has 0 heterocycles. The molecule has 3 aromatic carbocycles.